The molecule has 0 aromatic heterocycles. The number of hydrogen-bond acceptors (Lipinski definition) is 0. The number of rotatable bonds is 7. The lowest BCUT2D eigenvalue weighted by molar-refractivity contribution is 0.207. The van der Waals surface area contributed by atoms with Crippen LogP contribution in [-0.4, -0.2) is 0 Å². The molecule has 0 spiro atoms. The zero-order chi connectivity index (χ0) is 13.6. The van der Waals surface area contributed by atoms with Gasteiger partial charge in [-0.1, -0.05) is 74.7 Å². The lowest BCUT2D eigenvalue weighted by atomic mass is 9.76. The summed E-state index contributed by atoms with van der Waals surface area (Å²) in [4.78, 5) is 0. The molecule has 0 bridgehead atoms. The van der Waals surface area contributed by atoms with E-state index in [1.165, 1.54) is 25.7 Å². The van der Waals surface area contributed by atoms with E-state index in [2.05, 4.69) is 55.4 Å². The molecule has 0 saturated carbocycles. The molecule has 0 fully saturated rings. The highest BCUT2D eigenvalue weighted by Gasteiger charge is 2.22. The summed E-state index contributed by atoms with van der Waals surface area (Å²) in [5.41, 5.74) is 0.476. The minimum absolute atomic E-state index is 0.476. The van der Waals surface area contributed by atoms with Gasteiger partial charge in [-0.2, -0.15) is 0 Å². The summed E-state index contributed by atoms with van der Waals surface area (Å²) in [5, 5.41) is 0. The molecule has 3 unspecified atom stereocenters. The van der Waals surface area contributed by atoms with Crippen molar-refractivity contribution in [3.05, 3.63) is 0 Å². The van der Waals surface area contributed by atoms with Crippen LogP contribution in [0.25, 0.3) is 0 Å². The van der Waals surface area contributed by atoms with Gasteiger partial charge < -0.3 is 0 Å². The van der Waals surface area contributed by atoms with Crippen molar-refractivity contribution in [3.8, 4) is 0 Å². The maximum atomic E-state index is 2.43. The van der Waals surface area contributed by atoms with Gasteiger partial charge in [0.25, 0.3) is 0 Å². The average molecular weight is 240 g/mol. The molecule has 3 atom stereocenters. The first-order valence-corrected chi connectivity index (χ1v) is 7.70. The Balaban J connectivity index is 4.07. The minimum atomic E-state index is 0.476. The Labute approximate surface area is 111 Å². The average Bonchev–Trinajstić information content (AvgIpc) is 2.21. The summed E-state index contributed by atoms with van der Waals surface area (Å²) in [6, 6.07) is 0. The van der Waals surface area contributed by atoms with Gasteiger partial charge in [0.2, 0.25) is 0 Å². The molecular weight excluding hydrogens is 204 g/mol. The maximum absolute atomic E-state index is 2.43. The second kappa shape index (κ2) is 7.44. The van der Waals surface area contributed by atoms with Crippen LogP contribution in [0.3, 0.4) is 0 Å². The van der Waals surface area contributed by atoms with Gasteiger partial charge in [0, 0.05) is 0 Å². The predicted molar refractivity (Wildman–Crippen MR) is 80.3 cm³/mol. The van der Waals surface area contributed by atoms with Gasteiger partial charge in [-0.15, -0.1) is 0 Å². The van der Waals surface area contributed by atoms with Gasteiger partial charge in [-0.05, 0) is 35.5 Å². The van der Waals surface area contributed by atoms with Crippen molar-refractivity contribution in [3.63, 3.8) is 0 Å². The van der Waals surface area contributed by atoms with E-state index in [1.807, 2.05) is 0 Å². The molecule has 0 saturated heterocycles. The largest absolute Gasteiger partial charge is 0.0651 e. The minimum Gasteiger partial charge on any atom is -0.0651 e. The van der Waals surface area contributed by atoms with E-state index >= 15 is 0 Å². The Morgan fingerprint density at radius 2 is 1.41 bits per heavy atom. The Kier molecular flexibility index (Phi) is 7.44. The van der Waals surface area contributed by atoms with Crippen molar-refractivity contribution >= 4 is 0 Å². The van der Waals surface area contributed by atoms with Gasteiger partial charge in [0.05, 0.1) is 0 Å². The highest BCUT2D eigenvalue weighted by atomic mass is 14.3. The fourth-order valence-electron chi connectivity index (χ4n) is 2.67. The van der Waals surface area contributed by atoms with Gasteiger partial charge in [0.1, 0.15) is 0 Å². The third-order valence-corrected chi connectivity index (χ3v) is 4.88. The van der Waals surface area contributed by atoms with Crippen molar-refractivity contribution in [1.82, 2.24) is 0 Å². The summed E-state index contributed by atoms with van der Waals surface area (Å²) >= 11 is 0. The molecule has 0 aliphatic heterocycles. The molecule has 0 aliphatic rings. The fraction of sp³-hybridized carbons (Fsp3) is 1.00. The van der Waals surface area contributed by atoms with Crippen molar-refractivity contribution in [2.75, 3.05) is 0 Å². The topological polar surface area (TPSA) is 0 Å². The Bertz CT molecular complexity index is 185. The first-order valence-electron chi connectivity index (χ1n) is 7.70. The van der Waals surface area contributed by atoms with E-state index in [1.54, 1.807) is 0 Å². The third kappa shape index (κ3) is 6.48. The third-order valence-electron chi connectivity index (χ3n) is 4.88. The van der Waals surface area contributed by atoms with Crippen LogP contribution in [0.15, 0.2) is 0 Å². The molecule has 0 aromatic carbocycles. The van der Waals surface area contributed by atoms with Crippen LogP contribution >= 0.6 is 0 Å². The predicted octanol–water partition coefficient (Wildman–Crippen LogP) is 6.16. The van der Waals surface area contributed by atoms with E-state index < -0.39 is 0 Å². The summed E-state index contributed by atoms with van der Waals surface area (Å²) in [6.45, 7) is 19.1. The molecule has 104 valence electrons. The van der Waals surface area contributed by atoms with Crippen molar-refractivity contribution < 1.29 is 0 Å². The van der Waals surface area contributed by atoms with Crippen LogP contribution in [0.2, 0.25) is 0 Å². The molecule has 0 aliphatic carbocycles. The van der Waals surface area contributed by atoms with E-state index in [0.29, 0.717) is 5.41 Å². The van der Waals surface area contributed by atoms with Gasteiger partial charge in [0.15, 0.2) is 0 Å². The molecule has 0 radical (unpaired) electrons. The van der Waals surface area contributed by atoms with Crippen molar-refractivity contribution in [2.45, 2.75) is 81.1 Å². The smallest absolute Gasteiger partial charge is 0.0357 e. The summed E-state index contributed by atoms with van der Waals surface area (Å²) < 4.78 is 0. The SMILES string of the molecule is CCC(C)C(CCCC(C)C(C)(C)C)C(C)C. The second-order valence-electron chi connectivity index (χ2n) is 7.49. The molecule has 0 N–H and O–H groups in total. The quantitative estimate of drug-likeness (QED) is 0.500. The van der Waals surface area contributed by atoms with Crippen LogP contribution in [0.5, 0.6) is 0 Å². The molecule has 0 aromatic rings. The monoisotopic (exact) mass is 240 g/mol. The van der Waals surface area contributed by atoms with E-state index in [0.717, 1.165) is 23.7 Å². The molecule has 0 heteroatoms. The van der Waals surface area contributed by atoms with Gasteiger partial charge in [-0.3, -0.25) is 0 Å². The first-order chi connectivity index (χ1) is 7.70. The normalized spacial score (nSPS) is 18.2. The van der Waals surface area contributed by atoms with Gasteiger partial charge in [-0.25, -0.2) is 0 Å². The van der Waals surface area contributed by atoms with Crippen LogP contribution in [0.1, 0.15) is 81.1 Å². The Morgan fingerprint density at radius 1 is 0.882 bits per heavy atom. The van der Waals surface area contributed by atoms with Gasteiger partial charge >= 0.3 is 0 Å². The summed E-state index contributed by atoms with van der Waals surface area (Å²) in [7, 11) is 0. The summed E-state index contributed by atoms with van der Waals surface area (Å²) in [6.07, 6.45) is 5.56. The van der Waals surface area contributed by atoms with Crippen LogP contribution < -0.4 is 0 Å². The molecular formula is C17H36. The van der Waals surface area contributed by atoms with Crippen molar-refractivity contribution in [1.29, 1.82) is 0 Å². The number of hydrogen-bond donors (Lipinski definition) is 0. The van der Waals surface area contributed by atoms with E-state index in [-0.39, 0.29) is 0 Å². The molecule has 0 rings (SSSR count). The first kappa shape index (κ1) is 17.0. The zero-order valence-electron chi connectivity index (χ0n) is 13.6. The molecule has 0 nitrogen and oxygen atoms in total. The highest BCUT2D eigenvalue weighted by molar-refractivity contribution is 4.73. The van der Waals surface area contributed by atoms with Crippen LogP contribution in [0.4, 0.5) is 0 Å². The zero-order valence-corrected chi connectivity index (χ0v) is 13.6. The Hall–Kier alpha value is 0. The maximum Gasteiger partial charge on any atom is -0.0357 e. The van der Waals surface area contributed by atoms with E-state index in [4.69, 9.17) is 0 Å². The molecule has 0 heterocycles. The molecule has 0 amide bonds. The molecule has 17 heavy (non-hydrogen) atoms. The fourth-order valence-corrected chi connectivity index (χ4v) is 2.67. The van der Waals surface area contributed by atoms with Crippen LogP contribution in [-0.2, 0) is 0 Å². The lowest BCUT2D eigenvalue weighted by Crippen LogP contribution is -2.20. The highest BCUT2D eigenvalue weighted by Crippen LogP contribution is 2.33. The standard InChI is InChI=1S/C17H36/c1-9-14(4)16(13(2)3)12-10-11-15(5)17(6,7)8/h13-16H,9-12H2,1-8H3. The van der Waals surface area contributed by atoms with E-state index in [9.17, 15) is 0 Å². The second-order valence-corrected chi connectivity index (χ2v) is 7.49. The van der Waals surface area contributed by atoms with Crippen molar-refractivity contribution in [2.24, 2.45) is 29.1 Å². The lowest BCUT2D eigenvalue weighted by Gasteiger charge is -2.30. The Morgan fingerprint density at radius 3 is 1.76 bits per heavy atom. The summed E-state index contributed by atoms with van der Waals surface area (Å²) in [5.74, 6) is 3.49. The van der Waals surface area contributed by atoms with Crippen LogP contribution in [0, 0.1) is 29.1 Å².